The highest BCUT2D eigenvalue weighted by molar-refractivity contribution is 5.80. The molecule has 106 valence electrons. The Hall–Kier alpha value is -1.30. The molecule has 0 aromatic carbocycles. The fourth-order valence-electron chi connectivity index (χ4n) is 1.39. The predicted octanol–water partition coefficient (Wildman–Crippen LogP) is 1.73. The highest BCUT2D eigenvalue weighted by Gasteiger charge is 2.32. The molecule has 0 aromatic heterocycles. The van der Waals surface area contributed by atoms with E-state index in [1.165, 1.54) is 12.0 Å². The van der Waals surface area contributed by atoms with Gasteiger partial charge >= 0.3 is 12.1 Å². The van der Waals surface area contributed by atoms with E-state index in [2.05, 4.69) is 0 Å². The number of hydrogen-bond acceptors (Lipinski definition) is 4. The molecule has 1 unspecified atom stereocenters. The Morgan fingerprint density at radius 3 is 2.22 bits per heavy atom. The van der Waals surface area contributed by atoms with Crippen molar-refractivity contribution in [2.45, 2.75) is 45.8 Å². The molecular formula is C12H23NO5. The summed E-state index contributed by atoms with van der Waals surface area (Å²) in [7, 11) is 1.40. The number of amides is 1. The van der Waals surface area contributed by atoms with E-state index in [4.69, 9.17) is 14.6 Å². The lowest BCUT2D eigenvalue weighted by atomic mass is 10.2. The van der Waals surface area contributed by atoms with E-state index < -0.39 is 23.7 Å². The number of carbonyl (C=O) groups is 2. The maximum absolute atomic E-state index is 12.0. The monoisotopic (exact) mass is 261 g/mol. The topological polar surface area (TPSA) is 76.1 Å². The quantitative estimate of drug-likeness (QED) is 0.788. The summed E-state index contributed by atoms with van der Waals surface area (Å²) in [5.41, 5.74) is -0.654. The summed E-state index contributed by atoms with van der Waals surface area (Å²) >= 11 is 0. The van der Waals surface area contributed by atoms with Crippen LogP contribution in [0.5, 0.6) is 0 Å². The fourth-order valence-corrected chi connectivity index (χ4v) is 1.39. The van der Waals surface area contributed by atoms with E-state index in [0.29, 0.717) is 13.0 Å². The van der Waals surface area contributed by atoms with Gasteiger partial charge in [-0.3, -0.25) is 4.90 Å². The Labute approximate surface area is 108 Å². The van der Waals surface area contributed by atoms with Gasteiger partial charge in [0.05, 0.1) is 6.61 Å². The largest absolute Gasteiger partial charge is 0.480 e. The molecule has 0 rings (SSSR count). The summed E-state index contributed by atoms with van der Waals surface area (Å²) in [5.74, 6) is -1.10. The average molecular weight is 261 g/mol. The molecule has 0 aromatic rings. The van der Waals surface area contributed by atoms with Gasteiger partial charge in [0.15, 0.2) is 6.04 Å². The van der Waals surface area contributed by atoms with Crippen LogP contribution < -0.4 is 0 Å². The standard InChI is InChI=1S/C12H23NO5/c1-6-7-13(9(8-17-5)10(14)15)11(16)18-12(2,3)4/h9H,6-8H2,1-5H3,(H,14,15). The number of aliphatic carboxylic acids is 1. The van der Waals surface area contributed by atoms with Crippen LogP contribution in [-0.4, -0.2) is 54.0 Å². The van der Waals surface area contributed by atoms with Crippen molar-refractivity contribution in [3.8, 4) is 0 Å². The zero-order chi connectivity index (χ0) is 14.3. The fraction of sp³-hybridized carbons (Fsp3) is 0.833. The molecule has 1 atom stereocenters. The molecule has 0 spiro atoms. The molecule has 0 saturated carbocycles. The van der Waals surface area contributed by atoms with Crippen LogP contribution in [0.1, 0.15) is 34.1 Å². The lowest BCUT2D eigenvalue weighted by molar-refractivity contribution is -0.145. The number of rotatable bonds is 6. The van der Waals surface area contributed by atoms with E-state index in [1.807, 2.05) is 6.92 Å². The summed E-state index contributed by atoms with van der Waals surface area (Å²) in [4.78, 5) is 24.3. The Morgan fingerprint density at radius 1 is 1.33 bits per heavy atom. The predicted molar refractivity (Wildman–Crippen MR) is 66.5 cm³/mol. The zero-order valence-corrected chi connectivity index (χ0v) is 11.7. The van der Waals surface area contributed by atoms with Crippen LogP contribution in [-0.2, 0) is 14.3 Å². The molecule has 0 saturated heterocycles. The third-order valence-electron chi connectivity index (χ3n) is 2.08. The smallest absolute Gasteiger partial charge is 0.411 e. The number of methoxy groups -OCH3 is 1. The maximum atomic E-state index is 12.0. The van der Waals surface area contributed by atoms with Gasteiger partial charge < -0.3 is 14.6 Å². The van der Waals surface area contributed by atoms with Crippen molar-refractivity contribution in [2.24, 2.45) is 0 Å². The van der Waals surface area contributed by atoms with Gasteiger partial charge in [-0.15, -0.1) is 0 Å². The molecule has 0 aliphatic rings. The Kier molecular flexibility index (Phi) is 6.68. The molecule has 6 heteroatoms. The van der Waals surface area contributed by atoms with Crippen molar-refractivity contribution in [3.63, 3.8) is 0 Å². The number of carbonyl (C=O) groups excluding carboxylic acids is 1. The molecule has 1 N–H and O–H groups in total. The first-order chi connectivity index (χ1) is 8.22. The van der Waals surface area contributed by atoms with Gasteiger partial charge in [0, 0.05) is 13.7 Å². The molecular weight excluding hydrogens is 238 g/mol. The van der Waals surface area contributed by atoms with Gasteiger partial charge in [0.1, 0.15) is 5.60 Å². The molecule has 0 bridgehead atoms. The molecule has 0 aliphatic carbocycles. The minimum Gasteiger partial charge on any atom is -0.480 e. The number of nitrogens with zero attached hydrogens (tertiary/aromatic N) is 1. The van der Waals surface area contributed by atoms with Gasteiger partial charge in [-0.1, -0.05) is 6.92 Å². The van der Waals surface area contributed by atoms with Crippen LogP contribution in [0.25, 0.3) is 0 Å². The van der Waals surface area contributed by atoms with E-state index in [0.717, 1.165) is 0 Å². The Morgan fingerprint density at radius 2 is 1.89 bits per heavy atom. The molecule has 0 heterocycles. The first-order valence-electron chi connectivity index (χ1n) is 5.94. The molecule has 0 aliphatic heterocycles. The molecule has 1 amide bonds. The highest BCUT2D eigenvalue weighted by Crippen LogP contribution is 2.13. The number of hydrogen-bond donors (Lipinski definition) is 1. The summed E-state index contributed by atoms with van der Waals surface area (Å²) < 4.78 is 10.0. The first kappa shape index (κ1) is 16.7. The lowest BCUT2D eigenvalue weighted by Gasteiger charge is -2.30. The van der Waals surface area contributed by atoms with Gasteiger partial charge in [0.2, 0.25) is 0 Å². The SMILES string of the molecule is CCCN(C(=O)OC(C)(C)C)C(COC)C(=O)O. The van der Waals surface area contributed by atoms with E-state index in [9.17, 15) is 9.59 Å². The van der Waals surface area contributed by atoms with Crippen LogP contribution in [0.4, 0.5) is 4.79 Å². The van der Waals surface area contributed by atoms with Crippen LogP contribution >= 0.6 is 0 Å². The maximum Gasteiger partial charge on any atom is 0.411 e. The second-order valence-corrected chi connectivity index (χ2v) is 4.98. The average Bonchev–Trinajstić information content (AvgIpc) is 2.20. The van der Waals surface area contributed by atoms with Crippen molar-refractivity contribution in [1.82, 2.24) is 4.90 Å². The van der Waals surface area contributed by atoms with Crippen LogP contribution in [0, 0.1) is 0 Å². The van der Waals surface area contributed by atoms with Crippen molar-refractivity contribution in [3.05, 3.63) is 0 Å². The summed E-state index contributed by atoms with van der Waals surface area (Å²) in [5, 5.41) is 9.12. The minimum atomic E-state index is -1.10. The number of carboxylic acid groups (broad SMARTS) is 1. The molecule has 18 heavy (non-hydrogen) atoms. The highest BCUT2D eigenvalue weighted by atomic mass is 16.6. The first-order valence-corrected chi connectivity index (χ1v) is 5.94. The van der Waals surface area contributed by atoms with E-state index in [1.54, 1.807) is 20.8 Å². The number of ether oxygens (including phenoxy) is 2. The Balaban J connectivity index is 4.90. The minimum absolute atomic E-state index is 0.0609. The zero-order valence-electron chi connectivity index (χ0n) is 11.7. The summed E-state index contributed by atoms with van der Waals surface area (Å²) in [6, 6.07) is -1.02. The van der Waals surface area contributed by atoms with Crippen molar-refractivity contribution >= 4 is 12.1 Å². The van der Waals surface area contributed by atoms with Crippen LogP contribution in [0.3, 0.4) is 0 Å². The van der Waals surface area contributed by atoms with Crippen molar-refractivity contribution in [1.29, 1.82) is 0 Å². The lowest BCUT2D eigenvalue weighted by Crippen LogP contribution is -2.49. The van der Waals surface area contributed by atoms with Gasteiger partial charge in [-0.25, -0.2) is 9.59 Å². The van der Waals surface area contributed by atoms with Crippen LogP contribution in [0.2, 0.25) is 0 Å². The van der Waals surface area contributed by atoms with Gasteiger partial charge in [-0.2, -0.15) is 0 Å². The molecule has 0 radical (unpaired) electrons. The number of carboxylic acids is 1. The normalized spacial score (nSPS) is 12.9. The third kappa shape index (κ3) is 5.86. The van der Waals surface area contributed by atoms with E-state index in [-0.39, 0.29) is 6.61 Å². The summed E-state index contributed by atoms with van der Waals surface area (Å²) in [6.45, 7) is 7.33. The second-order valence-electron chi connectivity index (χ2n) is 4.98. The molecule has 0 fully saturated rings. The summed E-state index contributed by atoms with van der Waals surface area (Å²) in [6.07, 6.45) is 0.0148. The molecule has 6 nitrogen and oxygen atoms in total. The Bertz CT molecular complexity index is 285. The van der Waals surface area contributed by atoms with Crippen molar-refractivity contribution < 1.29 is 24.2 Å². The van der Waals surface area contributed by atoms with E-state index >= 15 is 0 Å². The van der Waals surface area contributed by atoms with Crippen molar-refractivity contribution in [2.75, 3.05) is 20.3 Å². The van der Waals surface area contributed by atoms with Gasteiger partial charge in [-0.05, 0) is 27.2 Å². The van der Waals surface area contributed by atoms with Gasteiger partial charge in [0.25, 0.3) is 0 Å². The van der Waals surface area contributed by atoms with Crippen LogP contribution in [0.15, 0.2) is 0 Å². The third-order valence-corrected chi connectivity index (χ3v) is 2.08. The second kappa shape index (κ2) is 7.20.